The van der Waals surface area contributed by atoms with Crippen molar-refractivity contribution in [2.75, 3.05) is 13.1 Å². The van der Waals surface area contributed by atoms with Gasteiger partial charge in [-0.2, -0.15) is 0 Å². The summed E-state index contributed by atoms with van der Waals surface area (Å²) in [5.74, 6) is 0.927. The monoisotopic (exact) mass is 343 g/mol. The van der Waals surface area contributed by atoms with Crippen molar-refractivity contribution in [3.63, 3.8) is 0 Å². The summed E-state index contributed by atoms with van der Waals surface area (Å²) < 4.78 is 13.1. The van der Waals surface area contributed by atoms with Gasteiger partial charge in [-0.15, -0.1) is 0 Å². The molecule has 134 valence electrons. The first-order valence-electron chi connectivity index (χ1n) is 8.98. The molecule has 1 aliphatic heterocycles. The maximum atomic E-state index is 13.1. The molecule has 1 aromatic heterocycles. The quantitative estimate of drug-likeness (QED) is 0.921. The van der Waals surface area contributed by atoms with Gasteiger partial charge >= 0.3 is 0 Å². The summed E-state index contributed by atoms with van der Waals surface area (Å²) in [5, 5.41) is 11.0. The second-order valence-electron chi connectivity index (χ2n) is 7.27. The van der Waals surface area contributed by atoms with Gasteiger partial charge in [0.1, 0.15) is 11.6 Å². The fourth-order valence-corrected chi connectivity index (χ4v) is 3.38. The van der Waals surface area contributed by atoms with E-state index in [2.05, 4.69) is 28.7 Å². The highest BCUT2D eigenvalue weighted by atomic mass is 19.1. The van der Waals surface area contributed by atoms with Crippen LogP contribution in [0.5, 0.6) is 0 Å². The van der Waals surface area contributed by atoms with E-state index < -0.39 is 5.60 Å². The van der Waals surface area contributed by atoms with E-state index in [0.717, 1.165) is 43.0 Å². The van der Waals surface area contributed by atoms with Gasteiger partial charge in [-0.1, -0.05) is 26.0 Å². The van der Waals surface area contributed by atoms with Crippen LogP contribution in [-0.4, -0.2) is 33.1 Å². The summed E-state index contributed by atoms with van der Waals surface area (Å²) in [4.78, 5) is 11.2. The SMILES string of the molecule is CC(C)c1ncc(CN2CCC[C@](O)(c3ccc(F)cc3)CC2)cn1. The van der Waals surface area contributed by atoms with Crippen molar-refractivity contribution in [2.45, 2.75) is 51.2 Å². The molecule has 5 heteroatoms. The van der Waals surface area contributed by atoms with Gasteiger partial charge in [-0.3, -0.25) is 4.90 Å². The van der Waals surface area contributed by atoms with Gasteiger partial charge < -0.3 is 5.11 Å². The van der Waals surface area contributed by atoms with E-state index in [1.54, 1.807) is 12.1 Å². The van der Waals surface area contributed by atoms with Crippen LogP contribution in [0.25, 0.3) is 0 Å². The highest BCUT2D eigenvalue weighted by Gasteiger charge is 2.31. The molecule has 2 heterocycles. The van der Waals surface area contributed by atoms with Gasteiger partial charge in [0.2, 0.25) is 0 Å². The molecule has 2 aromatic rings. The Morgan fingerprint density at radius 1 is 1.12 bits per heavy atom. The van der Waals surface area contributed by atoms with E-state index in [0.29, 0.717) is 18.8 Å². The Hall–Kier alpha value is -1.85. The van der Waals surface area contributed by atoms with E-state index in [1.807, 2.05) is 12.4 Å². The molecule has 1 aromatic carbocycles. The molecule has 0 unspecified atom stereocenters. The number of hydrogen-bond acceptors (Lipinski definition) is 4. The minimum absolute atomic E-state index is 0.271. The second kappa shape index (κ2) is 7.58. The number of nitrogens with zero attached hydrogens (tertiary/aromatic N) is 3. The number of aliphatic hydroxyl groups is 1. The first-order chi connectivity index (χ1) is 12.0. The molecule has 3 rings (SSSR count). The first-order valence-corrected chi connectivity index (χ1v) is 8.98. The molecular formula is C20H26FN3O. The Labute approximate surface area is 148 Å². The van der Waals surface area contributed by atoms with Crippen LogP contribution in [0.15, 0.2) is 36.7 Å². The van der Waals surface area contributed by atoms with Crippen molar-refractivity contribution in [1.29, 1.82) is 0 Å². The largest absolute Gasteiger partial charge is 0.385 e. The minimum Gasteiger partial charge on any atom is -0.385 e. The van der Waals surface area contributed by atoms with E-state index in [1.165, 1.54) is 12.1 Å². The lowest BCUT2D eigenvalue weighted by molar-refractivity contribution is 0.0209. The fourth-order valence-electron chi connectivity index (χ4n) is 3.38. The molecule has 0 amide bonds. The van der Waals surface area contributed by atoms with Crippen molar-refractivity contribution < 1.29 is 9.50 Å². The Morgan fingerprint density at radius 3 is 2.44 bits per heavy atom. The van der Waals surface area contributed by atoms with Crippen LogP contribution in [0.2, 0.25) is 0 Å². The average molecular weight is 343 g/mol. The number of likely N-dealkylation sites (tertiary alicyclic amines) is 1. The number of benzene rings is 1. The van der Waals surface area contributed by atoms with E-state index in [4.69, 9.17) is 0 Å². The Balaban J connectivity index is 1.64. The molecule has 0 spiro atoms. The molecular weight excluding hydrogens is 317 g/mol. The molecule has 25 heavy (non-hydrogen) atoms. The van der Waals surface area contributed by atoms with Crippen molar-refractivity contribution in [3.05, 3.63) is 59.4 Å². The highest BCUT2D eigenvalue weighted by molar-refractivity contribution is 5.23. The molecule has 0 aliphatic carbocycles. The lowest BCUT2D eigenvalue weighted by atomic mass is 9.87. The summed E-state index contributed by atoms with van der Waals surface area (Å²) in [7, 11) is 0. The predicted molar refractivity (Wildman–Crippen MR) is 95.5 cm³/mol. The van der Waals surface area contributed by atoms with Crippen LogP contribution in [0.1, 0.15) is 56.0 Å². The molecule has 0 bridgehead atoms. The smallest absolute Gasteiger partial charge is 0.130 e. The minimum atomic E-state index is -0.875. The third kappa shape index (κ3) is 4.41. The maximum absolute atomic E-state index is 13.1. The number of aromatic nitrogens is 2. The first kappa shape index (κ1) is 18.0. The molecule has 4 nitrogen and oxygen atoms in total. The fraction of sp³-hybridized carbons (Fsp3) is 0.500. The second-order valence-corrected chi connectivity index (χ2v) is 7.27. The number of hydrogen-bond donors (Lipinski definition) is 1. The predicted octanol–water partition coefficient (Wildman–Crippen LogP) is 3.61. The van der Waals surface area contributed by atoms with Crippen LogP contribution in [-0.2, 0) is 12.1 Å². The van der Waals surface area contributed by atoms with Gasteiger partial charge in [0.25, 0.3) is 0 Å². The zero-order valence-electron chi connectivity index (χ0n) is 15.0. The van der Waals surface area contributed by atoms with Crippen molar-refractivity contribution in [2.24, 2.45) is 0 Å². The molecule has 1 aliphatic rings. The standard InChI is InChI=1S/C20H26FN3O/c1-15(2)19-22-12-16(13-23-19)14-24-10-3-8-20(25,9-11-24)17-4-6-18(21)7-5-17/h4-7,12-13,15,25H,3,8-11,14H2,1-2H3/t20-/m1/s1. The van der Waals surface area contributed by atoms with Gasteiger partial charge in [0.05, 0.1) is 5.60 Å². The van der Waals surface area contributed by atoms with Crippen LogP contribution >= 0.6 is 0 Å². The van der Waals surface area contributed by atoms with Gasteiger partial charge in [0, 0.05) is 37.0 Å². The lowest BCUT2D eigenvalue weighted by Gasteiger charge is -2.27. The molecule has 1 fully saturated rings. The Morgan fingerprint density at radius 2 is 1.80 bits per heavy atom. The normalized spacial score (nSPS) is 22.1. The van der Waals surface area contributed by atoms with E-state index in [9.17, 15) is 9.50 Å². The summed E-state index contributed by atoms with van der Waals surface area (Å²) in [6.45, 7) is 6.67. The highest BCUT2D eigenvalue weighted by Crippen LogP contribution is 2.33. The van der Waals surface area contributed by atoms with E-state index >= 15 is 0 Å². The summed E-state index contributed by atoms with van der Waals surface area (Å²) in [5.41, 5.74) is 1.03. The van der Waals surface area contributed by atoms with Crippen molar-refractivity contribution >= 4 is 0 Å². The van der Waals surface area contributed by atoms with Gasteiger partial charge in [-0.05, 0) is 43.5 Å². The molecule has 1 saturated heterocycles. The zero-order chi connectivity index (χ0) is 17.9. The van der Waals surface area contributed by atoms with Crippen LogP contribution < -0.4 is 0 Å². The maximum Gasteiger partial charge on any atom is 0.130 e. The summed E-state index contributed by atoms with van der Waals surface area (Å²) >= 11 is 0. The summed E-state index contributed by atoms with van der Waals surface area (Å²) in [6, 6.07) is 6.24. The van der Waals surface area contributed by atoms with E-state index in [-0.39, 0.29) is 5.82 Å². The topological polar surface area (TPSA) is 49.2 Å². The number of halogens is 1. The van der Waals surface area contributed by atoms with Crippen molar-refractivity contribution in [3.8, 4) is 0 Å². The van der Waals surface area contributed by atoms with Gasteiger partial charge in [-0.25, -0.2) is 14.4 Å². The summed E-state index contributed by atoms with van der Waals surface area (Å²) in [6.07, 6.45) is 6.04. The third-order valence-corrected chi connectivity index (χ3v) is 4.94. The lowest BCUT2D eigenvalue weighted by Crippen LogP contribution is -2.29. The van der Waals surface area contributed by atoms with Gasteiger partial charge in [0.15, 0.2) is 0 Å². The molecule has 1 atom stereocenters. The van der Waals surface area contributed by atoms with Crippen LogP contribution in [0.4, 0.5) is 4.39 Å². The zero-order valence-corrected chi connectivity index (χ0v) is 15.0. The third-order valence-electron chi connectivity index (χ3n) is 4.94. The Kier molecular flexibility index (Phi) is 5.45. The average Bonchev–Trinajstić information content (AvgIpc) is 2.79. The molecule has 1 N–H and O–H groups in total. The van der Waals surface area contributed by atoms with Crippen molar-refractivity contribution in [1.82, 2.24) is 14.9 Å². The molecule has 0 saturated carbocycles. The Bertz CT molecular complexity index is 687. The van der Waals surface area contributed by atoms with Crippen LogP contribution in [0.3, 0.4) is 0 Å². The molecule has 0 radical (unpaired) electrons. The van der Waals surface area contributed by atoms with Crippen LogP contribution in [0, 0.1) is 5.82 Å². The number of rotatable bonds is 4.